The topological polar surface area (TPSA) is 99.9 Å². The zero-order valence-corrected chi connectivity index (χ0v) is 14.3. The molecule has 0 saturated heterocycles. The Morgan fingerprint density at radius 1 is 1.35 bits per heavy atom. The van der Waals surface area contributed by atoms with Crippen LogP contribution in [0.15, 0.2) is 18.2 Å². The fourth-order valence-electron chi connectivity index (χ4n) is 1.45. The molecule has 0 aliphatic rings. The summed E-state index contributed by atoms with van der Waals surface area (Å²) >= 11 is 0. The number of anilines is 1. The van der Waals surface area contributed by atoms with Gasteiger partial charge in [0.2, 0.25) is 6.41 Å². The van der Waals surface area contributed by atoms with Crippen LogP contribution in [0.5, 0.6) is 11.5 Å². The van der Waals surface area contributed by atoms with E-state index in [0.717, 1.165) is 6.42 Å². The van der Waals surface area contributed by atoms with Crippen molar-refractivity contribution in [3.05, 3.63) is 18.2 Å². The minimum Gasteiger partial charge on any atom is -0.497 e. The van der Waals surface area contributed by atoms with Crippen molar-refractivity contribution in [3.8, 4) is 11.5 Å². The van der Waals surface area contributed by atoms with E-state index in [1.807, 2.05) is 6.92 Å². The molecule has 7 heteroatoms. The molecule has 0 aromatic heterocycles. The van der Waals surface area contributed by atoms with Gasteiger partial charge in [0.15, 0.2) is 0 Å². The molecule has 0 aliphatic carbocycles. The second-order valence-electron chi connectivity index (χ2n) is 5.51. The molecule has 0 radical (unpaired) electrons. The monoisotopic (exact) mass is 326 g/mol. The van der Waals surface area contributed by atoms with Crippen LogP contribution in [0.2, 0.25) is 0 Å². The Balaban J connectivity index is 0.000000515. The Kier molecular flexibility index (Phi) is 9.22. The number of methoxy groups -OCH3 is 1. The molecular weight excluding hydrogens is 300 g/mol. The maximum Gasteiger partial charge on any atom is 0.405 e. The number of nitrogens with two attached hydrogens (primary N) is 1. The van der Waals surface area contributed by atoms with E-state index in [-0.39, 0.29) is 0 Å². The largest absolute Gasteiger partial charge is 0.497 e. The summed E-state index contributed by atoms with van der Waals surface area (Å²) in [5, 5.41) is 2.58. The van der Waals surface area contributed by atoms with Crippen molar-refractivity contribution in [2.75, 3.05) is 19.0 Å². The smallest absolute Gasteiger partial charge is 0.405 e. The SMILES string of the molecule is CC(C)(C)OC(N)=O.CCCOc1cc(OC)ccc1NC=O. The van der Waals surface area contributed by atoms with Gasteiger partial charge < -0.3 is 25.3 Å². The summed E-state index contributed by atoms with van der Waals surface area (Å²) in [7, 11) is 1.59. The first-order chi connectivity index (χ1) is 10.7. The summed E-state index contributed by atoms with van der Waals surface area (Å²) in [6, 6.07) is 5.27. The lowest BCUT2D eigenvalue weighted by molar-refractivity contribution is -0.105. The Labute approximate surface area is 137 Å². The van der Waals surface area contributed by atoms with Crippen LogP contribution in [-0.4, -0.2) is 31.8 Å². The molecule has 1 aromatic rings. The zero-order chi connectivity index (χ0) is 17.9. The van der Waals surface area contributed by atoms with Gasteiger partial charge in [-0.1, -0.05) is 6.92 Å². The van der Waals surface area contributed by atoms with Crippen LogP contribution in [0.4, 0.5) is 10.5 Å². The lowest BCUT2D eigenvalue weighted by Gasteiger charge is -2.16. The first kappa shape index (κ1) is 20.6. The summed E-state index contributed by atoms with van der Waals surface area (Å²) in [4.78, 5) is 20.4. The van der Waals surface area contributed by atoms with Crippen LogP contribution < -0.4 is 20.5 Å². The van der Waals surface area contributed by atoms with Crippen molar-refractivity contribution in [1.82, 2.24) is 0 Å². The van der Waals surface area contributed by atoms with Gasteiger partial charge in [-0.05, 0) is 39.3 Å². The number of benzene rings is 1. The normalized spacial score (nSPS) is 9.96. The Morgan fingerprint density at radius 2 is 2.00 bits per heavy atom. The summed E-state index contributed by atoms with van der Waals surface area (Å²) in [6.07, 6.45) is 0.815. The summed E-state index contributed by atoms with van der Waals surface area (Å²) in [5.74, 6) is 1.33. The number of carbonyl (C=O) groups excluding carboxylic acids is 2. The number of amides is 2. The van der Waals surface area contributed by atoms with E-state index in [4.69, 9.17) is 15.2 Å². The fraction of sp³-hybridized carbons (Fsp3) is 0.500. The Morgan fingerprint density at radius 3 is 2.39 bits per heavy atom. The number of nitrogens with one attached hydrogen (secondary N) is 1. The van der Waals surface area contributed by atoms with Crippen LogP contribution in [0.3, 0.4) is 0 Å². The molecule has 0 saturated carbocycles. The highest BCUT2D eigenvalue weighted by Gasteiger charge is 2.12. The number of hydrogen-bond donors (Lipinski definition) is 2. The molecule has 2 amide bonds. The highest BCUT2D eigenvalue weighted by molar-refractivity contribution is 5.76. The van der Waals surface area contributed by atoms with E-state index >= 15 is 0 Å². The molecular formula is C16H26N2O5. The third-order valence-corrected chi connectivity index (χ3v) is 2.27. The number of carbonyl (C=O) groups is 2. The van der Waals surface area contributed by atoms with E-state index in [1.54, 1.807) is 46.1 Å². The Hall–Kier alpha value is -2.44. The summed E-state index contributed by atoms with van der Waals surface area (Å²) in [5.41, 5.74) is 4.92. The van der Waals surface area contributed by atoms with Gasteiger partial charge in [-0.3, -0.25) is 4.79 Å². The first-order valence-electron chi connectivity index (χ1n) is 7.23. The maximum atomic E-state index is 10.4. The van der Waals surface area contributed by atoms with Gasteiger partial charge in [0.05, 0.1) is 19.4 Å². The van der Waals surface area contributed by atoms with E-state index in [1.165, 1.54) is 0 Å². The number of ether oxygens (including phenoxy) is 3. The highest BCUT2D eigenvalue weighted by Crippen LogP contribution is 2.29. The summed E-state index contributed by atoms with van der Waals surface area (Å²) in [6.45, 7) is 7.92. The van der Waals surface area contributed by atoms with Crippen LogP contribution in [0.1, 0.15) is 34.1 Å². The third-order valence-electron chi connectivity index (χ3n) is 2.27. The quantitative estimate of drug-likeness (QED) is 0.783. The molecule has 0 spiro atoms. The predicted octanol–water partition coefficient (Wildman–Crippen LogP) is 2.93. The second kappa shape index (κ2) is 10.3. The van der Waals surface area contributed by atoms with Crippen molar-refractivity contribution >= 4 is 18.2 Å². The molecule has 0 atom stereocenters. The molecule has 1 aromatic carbocycles. The van der Waals surface area contributed by atoms with E-state index in [9.17, 15) is 9.59 Å². The van der Waals surface area contributed by atoms with E-state index in [0.29, 0.717) is 30.2 Å². The van der Waals surface area contributed by atoms with Crippen molar-refractivity contribution < 1.29 is 23.8 Å². The van der Waals surface area contributed by atoms with Gasteiger partial charge in [-0.15, -0.1) is 0 Å². The highest BCUT2D eigenvalue weighted by atomic mass is 16.6. The van der Waals surface area contributed by atoms with E-state index < -0.39 is 11.7 Å². The molecule has 7 nitrogen and oxygen atoms in total. The van der Waals surface area contributed by atoms with Crippen molar-refractivity contribution in [2.24, 2.45) is 5.73 Å². The first-order valence-corrected chi connectivity index (χ1v) is 7.23. The molecule has 0 aliphatic heterocycles. The average Bonchev–Trinajstić information content (AvgIpc) is 2.44. The maximum absolute atomic E-state index is 10.4. The minimum absolute atomic E-state index is 0.453. The van der Waals surface area contributed by atoms with Gasteiger partial charge in [-0.2, -0.15) is 0 Å². The zero-order valence-electron chi connectivity index (χ0n) is 14.3. The Bertz CT molecular complexity index is 498. The van der Waals surface area contributed by atoms with Crippen LogP contribution >= 0.6 is 0 Å². The molecule has 0 fully saturated rings. The van der Waals surface area contributed by atoms with Crippen LogP contribution in [0, 0.1) is 0 Å². The second-order valence-corrected chi connectivity index (χ2v) is 5.51. The van der Waals surface area contributed by atoms with Gasteiger partial charge in [-0.25, -0.2) is 4.79 Å². The van der Waals surface area contributed by atoms with Crippen LogP contribution in [0.25, 0.3) is 0 Å². The molecule has 0 bridgehead atoms. The lowest BCUT2D eigenvalue weighted by Crippen LogP contribution is -2.27. The van der Waals surface area contributed by atoms with Crippen molar-refractivity contribution in [3.63, 3.8) is 0 Å². The fourth-order valence-corrected chi connectivity index (χ4v) is 1.45. The minimum atomic E-state index is -0.725. The third kappa shape index (κ3) is 10.00. The molecule has 0 unspecified atom stereocenters. The molecule has 23 heavy (non-hydrogen) atoms. The molecule has 1 rings (SSSR count). The van der Waals surface area contributed by atoms with Gasteiger partial charge >= 0.3 is 6.09 Å². The molecule has 0 heterocycles. The number of rotatable bonds is 6. The van der Waals surface area contributed by atoms with Gasteiger partial charge in [0.1, 0.15) is 17.1 Å². The van der Waals surface area contributed by atoms with Crippen LogP contribution in [-0.2, 0) is 9.53 Å². The number of hydrogen-bond acceptors (Lipinski definition) is 5. The summed E-state index contributed by atoms with van der Waals surface area (Å²) < 4.78 is 15.1. The lowest BCUT2D eigenvalue weighted by atomic mass is 10.2. The van der Waals surface area contributed by atoms with Gasteiger partial charge in [0.25, 0.3) is 0 Å². The number of primary amides is 1. The van der Waals surface area contributed by atoms with E-state index in [2.05, 4.69) is 10.1 Å². The van der Waals surface area contributed by atoms with Gasteiger partial charge in [0, 0.05) is 6.07 Å². The van der Waals surface area contributed by atoms with Crippen molar-refractivity contribution in [2.45, 2.75) is 39.7 Å². The molecule has 130 valence electrons. The standard InChI is InChI=1S/C11H15NO3.C5H11NO2/c1-3-6-15-11-7-9(14-2)4-5-10(11)12-8-13;1-5(2,3)8-4(6)7/h4-5,7-8H,3,6H2,1-2H3,(H,12,13);1-3H3,(H2,6,7). The average molecular weight is 326 g/mol. The predicted molar refractivity (Wildman–Crippen MR) is 88.9 cm³/mol. The van der Waals surface area contributed by atoms with Crippen molar-refractivity contribution in [1.29, 1.82) is 0 Å². The molecule has 3 N–H and O–H groups in total.